The molecule has 8 nitrogen and oxygen atoms in total. The van der Waals surface area contributed by atoms with E-state index in [9.17, 15) is 25.2 Å². The van der Waals surface area contributed by atoms with Crippen LogP contribution in [0.4, 0.5) is 0 Å². The Morgan fingerprint density at radius 1 is 1.36 bits per heavy atom. The largest absolute Gasteiger partial charge is 0.505 e. The van der Waals surface area contributed by atoms with Gasteiger partial charge in [-0.1, -0.05) is 23.2 Å². The Balaban J connectivity index is 2.27. The lowest BCUT2D eigenvalue weighted by Gasteiger charge is -2.41. The standard InChI is InChI=1S/C15H19Cl2NO7/c1-5-6(3-7(16)11(20)9(5)17)14(23)18-10-13(22)12(21)8(4-19)25-15(10)24-2/h3,8,10,12-13,15,19-22H,4H2,1-2H3,(H,18,23)/t8?,10-,12-,13-,15+/m1/s1. The van der Waals surface area contributed by atoms with Crippen LogP contribution >= 0.6 is 23.2 Å². The first-order valence-corrected chi connectivity index (χ1v) is 8.12. The number of hydrogen-bond donors (Lipinski definition) is 5. The van der Waals surface area contributed by atoms with Gasteiger partial charge in [0.05, 0.1) is 16.7 Å². The number of aliphatic hydroxyl groups excluding tert-OH is 3. The predicted molar refractivity (Wildman–Crippen MR) is 88.9 cm³/mol. The second kappa shape index (κ2) is 8.05. The first kappa shape index (κ1) is 20.2. The molecule has 0 bridgehead atoms. The summed E-state index contributed by atoms with van der Waals surface area (Å²) in [5.74, 6) is -1.000. The van der Waals surface area contributed by atoms with Crippen LogP contribution in [-0.2, 0) is 9.47 Å². The van der Waals surface area contributed by atoms with E-state index >= 15 is 0 Å². The first-order chi connectivity index (χ1) is 11.7. The Kier molecular flexibility index (Phi) is 6.50. The van der Waals surface area contributed by atoms with Crippen LogP contribution in [0.1, 0.15) is 15.9 Å². The van der Waals surface area contributed by atoms with Crippen LogP contribution in [0.15, 0.2) is 6.07 Å². The van der Waals surface area contributed by atoms with Crippen LogP contribution in [0.2, 0.25) is 10.0 Å². The van der Waals surface area contributed by atoms with Crippen molar-refractivity contribution in [2.24, 2.45) is 0 Å². The maximum atomic E-state index is 12.6. The smallest absolute Gasteiger partial charge is 0.252 e. The van der Waals surface area contributed by atoms with Gasteiger partial charge in [-0.05, 0) is 18.6 Å². The number of phenols is 1. The molecule has 0 spiro atoms. The molecule has 1 aliphatic rings. The van der Waals surface area contributed by atoms with Gasteiger partial charge in [0.2, 0.25) is 0 Å². The van der Waals surface area contributed by atoms with Crippen molar-refractivity contribution >= 4 is 29.1 Å². The van der Waals surface area contributed by atoms with Crippen LogP contribution in [0.5, 0.6) is 5.75 Å². The van der Waals surface area contributed by atoms with Crippen molar-refractivity contribution in [2.75, 3.05) is 13.7 Å². The van der Waals surface area contributed by atoms with Crippen molar-refractivity contribution in [1.82, 2.24) is 5.32 Å². The summed E-state index contributed by atoms with van der Waals surface area (Å²) in [6.07, 6.45) is -5.01. The highest BCUT2D eigenvalue weighted by atomic mass is 35.5. The van der Waals surface area contributed by atoms with Gasteiger partial charge in [-0.15, -0.1) is 0 Å². The monoisotopic (exact) mass is 395 g/mol. The lowest BCUT2D eigenvalue weighted by Crippen LogP contribution is -2.64. The molecule has 0 aromatic heterocycles. The van der Waals surface area contributed by atoms with Crippen molar-refractivity contribution in [3.63, 3.8) is 0 Å². The molecule has 1 aliphatic heterocycles. The van der Waals surface area contributed by atoms with Crippen LogP contribution in [0, 0.1) is 6.92 Å². The molecule has 1 unspecified atom stereocenters. The third-order valence-corrected chi connectivity index (χ3v) is 4.84. The Morgan fingerprint density at radius 3 is 2.56 bits per heavy atom. The highest BCUT2D eigenvalue weighted by Crippen LogP contribution is 2.36. The third kappa shape index (κ3) is 3.85. The minimum absolute atomic E-state index is 0.0678. The second-order valence-corrected chi connectivity index (χ2v) is 6.42. The van der Waals surface area contributed by atoms with Gasteiger partial charge in [0.1, 0.15) is 24.4 Å². The Morgan fingerprint density at radius 2 is 2.00 bits per heavy atom. The van der Waals surface area contributed by atoms with Gasteiger partial charge in [0, 0.05) is 12.7 Å². The van der Waals surface area contributed by atoms with Crippen molar-refractivity contribution in [2.45, 2.75) is 37.6 Å². The van der Waals surface area contributed by atoms with E-state index in [-0.39, 0.29) is 26.9 Å². The average Bonchev–Trinajstić information content (AvgIpc) is 2.60. The molecular weight excluding hydrogens is 377 g/mol. The summed E-state index contributed by atoms with van der Waals surface area (Å²) < 4.78 is 10.4. The summed E-state index contributed by atoms with van der Waals surface area (Å²) in [5, 5.41) is 41.4. The Hall–Kier alpha value is -1.13. The number of ether oxygens (including phenoxy) is 2. The van der Waals surface area contributed by atoms with Crippen molar-refractivity contribution in [3.05, 3.63) is 27.2 Å². The molecule has 0 saturated carbocycles. The summed E-state index contributed by atoms with van der Waals surface area (Å²) in [5.41, 5.74) is 0.364. The van der Waals surface area contributed by atoms with E-state index in [1.165, 1.54) is 20.1 Å². The molecule has 5 N–H and O–H groups in total. The number of nitrogens with one attached hydrogen (secondary N) is 1. The summed E-state index contributed by atoms with van der Waals surface area (Å²) in [4.78, 5) is 12.6. The molecule has 0 aliphatic carbocycles. The fourth-order valence-electron chi connectivity index (χ4n) is 2.61. The van der Waals surface area contributed by atoms with E-state index < -0.39 is 43.2 Å². The van der Waals surface area contributed by atoms with Gasteiger partial charge < -0.3 is 35.2 Å². The molecule has 1 aromatic rings. The topological polar surface area (TPSA) is 128 Å². The van der Waals surface area contributed by atoms with Crippen molar-refractivity contribution in [1.29, 1.82) is 0 Å². The zero-order chi connectivity index (χ0) is 18.9. The van der Waals surface area contributed by atoms with Gasteiger partial charge in [0.25, 0.3) is 5.91 Å². The molecule has 1 fully saturated rings. The van der Waals surface area contributed by atoms with E-state index in [0.717, 1.165) is 0 Å². The maximum Gasteiger partial charge on any atom is 0.252 e. The fourth-order valence-corrected chi connectivity index (χ4v) is 3.06. The number of hydrogen-bond acceptors (Lipinski definition) is 7. The normalized spacial score (nSPS) is 29.5. The quantitative estimate of drug-likeness (QED) is 0.492. The SMILES string of the molecule is CO[C@H]1OC(CO)[C@@H](O)[C@H](O)[C@H]1NC(=O)c1cc(Cl)c(O)c(Cl)c1C. The summed E-state index contributed by atoms with van der Waals surface area (Å²) in [6, 6.07) is 0.124. The highest BCUT2D eigenvalue weighted by Gasteiger charge is 2.45. The molecule has 1 amide bonds. The van der Waals surface area contributed by atoms with Gasteiger partial charge in [0.15, 0.2) is 12.0 Å². The Labute approximate surface area is 153 Å². The number of methoxy groups -OCH3 is 1. The number of carbonyl (C=O) groups excluding carboxylic acids is 1. The number of aromatic hydroxyl groups is 1. The average molecular weight is 396 g/mol. The minimum atomic E-state index is -1.44. The van der Waals surface area contributed by atoms with E-state index in [0.29, 0.717) is 0 Å². The molecule has 1 aromatic carbocycles. The summed E-state index contributed by atoms with van der Waals surface area (Å²) >= 11 is 11.8. The molecule has 1 heterocycles. The number of aliphatic hydroxyl groups is 3. The van der Waals surface area contributed by atoms with Crippen LogP contribution < -0.4 is 5.32 Å². The van der Waals surface area contributed by atoms with Gasteiger partial charge in [-0.25, -0.2) is 0 Å². The molecule has 0 radical (unpaired) electrons. The van der Waals surface area contributed by atoms with Gasteiger partial charge in [-0.3, -0.25) is 4.79 Å². The van der Waals surface area contributed by atoms with Crippen molar-refractivity contribution in [3.8, 4) is 5.75 Å². The van der Waals surface area contributed by atoms with Crippen LogP contribution in [-0.4, -0.2) is 70.7 Å². The van der Waals surface area contributed by atoms with E-state index in [2.05, 4.69) is 5.32 Å². The Bertz CT molecular complexity index is 655. The number of halogens is 2. The number of rotatable bonds is 4. The molecule has 140 valence electrons. The summed E-state index contributed by atoms with van der Waals surface area (Å²) in [7, 11) is 1.29. The molecule has 10 heteroatoms. The van der Waals surface area contributed by atoms with Gasteiger partial charge in [-0.2, -0.15) is 0 Å². The second-order valence-electron chi connectivity index (χ2n) is 5.64. The molecule has 5 atom stereocenters. The molecule has 1 saturated heterocycles. The number of amides is 1. The minimum Gasteiger partial charge on any atom is -0.505 e. The maximum absolute atomic E-state index is 12.6. The number of carbonyl (C=O) groups is 1. The number of benzene rings is 1. The van der Waals surface area contributed by atoms with Crippen molar-refractivity contribution < 1.29 is 34.7 Å². The molecular formula is C15H19Cl2NO7. The van der Waals surface area contributed by atoms with E-state index in [4.69, 9.17) is 32.7 Å². The fraction of sp³-hybridized carbons (Fsp3) is 0.533. The zero-order valence-corrected chi connectivity index (χ0v) is 15.0. The number of phenolic OH excluding ortho intramolecular Hbond substituents is 1. The van der Waals surface area contributed by atoms with Crippen LogP contribution in [0.25, 0.3) is 0 Å². The highest BCUT2D eigenvalue weighted by molar-refractivity contribution is 6.38. The zero-order valence-electron chi connectivity index (χ0n) is 13.4. The van der Waals surface area contributed by atoms with E-state index in [1.807, 2.05) is 0 Å². The lowest BCUT2D eigenvalue weighted by molar-refractivity contribution is -0.261. The molecule has 25 heavy (non-hydrogen) atoms. The lowest BCUT2D eigenvalue weighted by atomic mass is 9.96. The third-order valence-electron chi connectivity index (χ3n) is 4.09. The van der Waals surface area contributed by atoms with Gasteiger partial charge >= 0.3 is 0 Å². The predicted octanol–water partition coefficient (Wildman–Crippen LogP) is 0.191. The van der Waals surface area contributed by atoms with E-state index in [1.54, 1.807) is 0 Å². The summed E-state index contributed by atoms with van der Waals surface area (Å²) in [6.45, 7) is 0.993. The first-order valence-electron chi connectivity index (χ1n) is 7.36. The van der Waals surface area contributed by atoms with Crippen LogP contribution in [0.3, 0.4) is 0 Å². The molecule has 2 rings (SSSR count).